The number of aliphatic hydroxyl groups excluding tert-OH is 1. The van der Waals surface area contributed by atoms with Gasteiger partial charge in [-0.2, -0.15) is 0 Å². The van der Waals surface area contributed by atoms with Crippen LogP contribution in [0.3, 0.4) is 0 Å². The van der Waals surface area contributed by atoms with Gasteiger partial charge in [-0.15, -0.1) is 0 Å². The number of carbonyl (C=O) groups excluding carboxylic acids is 1. The minimum absolute atomic E-state index is 0.0142. The van der Waals surface area contributed by atoms with Crippen molar-refractivity contribution >= 4 is 5.97 Å². The van der Waals surface area contributed by atoms with Crippen molar-refractivity contribution in [2.24, 2.45) is 0 Å². The molecule has 4 heteroatoms. The van der Waals surface area contributed by atoms with Gasteiger partial charge in [0.05, 0.1) is 6.10 Å². The van der Waals surface area contributed by atoms with Crippen LogP contribution in [0.4, 0.5) is 0 Å². The van der Waals surface area contributed by atoms with E-state index < -0.39 is 0 Å². The van der Waals surface area contributed by atoms with Crippen LogP contribution in [0.15, 0.2) is 0 Å². The van der Waals surface area contributed by atoms with E-state index in [0.717, 1.165) is 19.3 Å². The number of esters is 1. The highest BCUT2D eigenvalue weighted by molar-refractivity contribution is 5.66. The van der Waals surface area contributed by atoms with Gasteiger partial charge in [0, 0.05) is 25.4 Å². The third kappa shape index (κ3) is 1.64. The molecule has 0 saturated carbocycles. The summed E-state index contributed by atoms with van der Waals surface area (Å²) in [6.07, 6.45) is 2.18. The average molecular weight is 199 g/mol. The van der Waals surface area contributed by atoms with Crippen molar-refractivity contribution in [3.8, 4) is 0 Å². The number of hydrogen-bond donors (Lipinski definition) is 1. The lowest BCUT2D eigenvalue weighted by atomic mass is 10.0. The second-order valence-electron chi connectivity index (χ2n) is 4.40. The van der Waals surface area contributed by atoms with Gasteiger partial charge in [-0.3, -0.25) is 9.69 Å². The molecule has 0 aromatic rings. The lowest BCUT2D eigenvalue weighted by molar-refractivity contribution is -0.147. The van der Waals surface area contributed by atoms with Crippen LogP contribution in [0.25, 0.3) is 0 Å². The summed E-state index contributed by atoms with van der Waals surface area (Å²) >= 11 is 0. The Bertz CT molecular complexity index is 244. The predicted octanol–water partition coefficient (Wildman–Crippen LogP) is 0.145. The van der Waals surface area contributed by atoms with Crippen LogP contribution in [0.5, 0.6) is 0 Å². The van der Waals surface area contributed by atoms with E-state index >= 15 is 0 Å². The lowest BCUT2D eigenvalue weighted by Gasteiger charge is -2.34. The smallest absolute Gasteiger partial charge is 0.302 e. The van der Waals surface area contributed by atoms with E-state index in [1.807, 2.05) is 7.05 Å². The molecule has 1 N–H and O–H groups in total. The van der Waals surface area contributed by atoms with Crippen molar-refractivity contribution < 1.29 is 14.6 Å². The van der Waals surface area contributed by atoms with Gasteiger partial charge in [-0.1, -0.05) is 0 Å². The minimum Gasteiger partial charge on any atom is -0.461 e. The van der Waals surface area contributed by atoms with Gasteiger partial charge in [0.1, 0.15) is 6.10 Å². The van der Waals surface area contributed by atoms with E-state index in [9.17, 15) is 9.90 Å². The number of carbonyl (C=O) groups is 1. The van der Waals surface area contributed by atoms with Gasteiger partial charge >= 0.3 is 5.97 Å². The molecule has 80 valence electrons. The van der Waals surface area contributed by atoms with Crippen LogP contribution in [0, 0.1) is 0 Å². The van der Waals surface area contributed by atoms with E-state index in [4.69, 9.17) is 4.74 Å². The molecular formula is C10H17NO3. The summed E-state index contributed by atoms with van der Waals surface area (Å²) in [5, 5.41) is 9.59. The topological polar surface area (TPSA) is 49.8 Å². The number of ether oxygens (including phenoxy) is 1. The van der Waals surface area contributed by atoms with Crippen LogP contribution >= 0.6 is 0 Å². The number of likely N-dealkylation sites (N-methyl/N-ethyl adjacent to an activating group) is 1. The number of fused-ring (bicyclic) bond motifs is 2. The first-order chi connectivity index (χ1) is 6.58. The number of piperidine rings is 1. The normalized spacial score (nSPS) is 42.5. The van der Waals surface area contributed by atoms with Crippen molar-refractivity contribution in [3.63, 3.8) is 0 Å². The predicted molar refractivity (Wildman–Crippen MR) is 50.8 cm³/mol. The molecule has 0 radical (unpaired) electrons. The zero-order valence-electron chi connectivity index (χ0n) is 8.64. The molecule has 0 unspecified atom stereocenters. The zero-order valence-corrected chi connectivity index (χ0v) is 8.64. The fraction of sp³-hybridized carbons (Fsp3) is 0.900. The highest BCUT2D eigenvalue weighted by atomic mass is 16.5. The number of nitrogens with zero attached hydrogens (tertiary/aromatic N) is 1. The highest BCUT2D eigenvalue weighted by Gasteiger charge is 2.45. The maximum Gasteiger partial charge on any atom is 0.302 e. The lowest BCUT2D eigenvalue weighted by Crippen LogP contribution is -2.44. The summed E-state index contributed by atoms with van der Waals surface area (Å²) in [6.45, 7) is 1.44. The molecule has 0 aliphatic carbocycles. The first kappa shape index (κ1) is 9.93. The fourth-order valence-corrected chi connectivity index (χ4v) is 2.73. The summed E-state index contributed by atoms with van der Waals surface area (Å²) in [5.74, 6) is -0.217. The molecule has 2 heterocycles. The quantitative estimate of drug-likeness (QED) is 0.610. The molecule has 0 aromatic carbocycles. The number of rotatable bonds is 1. The molecule has 2 saturated heterocycles. The second kappa shape index (κ2) is 3.51. The third-order valence-corrected chi connectivity index (χ3v) is 3.41. The maximum absolute atomic E-state index is 10.9. The van der Waals surface area contributed by atoms with E-state index in [1.165, 1.54) is 6.92 Å². The van der Waals surface area contributed by atoms with E-state index in [-0.39, 0.29) is 24.2 Å². The van der Waals surface area contributed by atoms with Gasteiger partial charge in [0.15, 0.2) is 0 Å². The maximum atomic E-state index is 10.9. The summed E-state index contributed by atoms with van der Waals surface area (Å²) in [5.41, 5.74) is 0. The Kier molecular flexibility index (Phi) is 2.49. The van der Waals surface area contributed by atoms with Crippen molar-refractivity contribution in [1.82, 2.24) is 4.90 Å². The highest BCUT2D eigenvalue weighted by Crippen LogP contribution is 2.36. The molecular weight excluding hydrogens is 182 g/mol. The number of hydrogen-bond acceptors (Lipinski definition) is 4. The van der Waals surface area contributed by atoms with Crippen LogP contribution < -0.4 is 0 Å². The Balaban J connectivity index is 2.05. The standard InChI is InChI=1S/C10H17NO3/c1-6(12)14-10-4-7-3-8(13)5-9(10)11(7)2/h7-10,13H,3-5H2,1-2H3/t7-,8+,9+,10+/m1/s1. The van der Waals surface area contributed by atoms with Crippen molar-refractivity contribution in [1.29, 1.82) is 0 Å². The zero-order chi connectivity index (χ0) is 10.3. The van der Waals surface area contributed by atoms with Gasteiger partial charge < -0.3 is 9.84 Å². The SMILES string of the molecule is CC(=O)O[C@H]1C[C@H]2C[C@H](O)C[C@@H]1N2C. The third-order valence-electron chi connectivity index (χ3n) is 3.41. The molecule has 4 nitrogen and oxygen atoms in total. The molecule has 2 bridgehead atoms. The molecule has 0 aromatic heterocycles. The summed E-state index contributed by atoms with van der Waals surface area (Å²) in [6, 6.07) is 0.598. The molecule has 4 atom stereocenters. The number of aliphatic hydroxyl groups is 1. The first-order valence-corrected chi connectivity index (χ1v) is 5.15. The van der Waals surface area contributed by atoms with Crippen LogP contribution in [0.1, 0.15) is 26.2 Å². The van der Waals surface area contributed by atoms with Gasteiger partial charge in [-0.25, -0.2) is 0 Å². The molecule has 0 amide bonds. The Morgan fingerprint density at radius 3 is 2.79 bits per heavy atom. The molecule has 2 aliphatic heterocycles. The summed E-state index contributed by atoms with van der Waals surface area (Å²) in [4.78, 5) is 13.1. The van der Waals surface area contributed by atoms with E-state index in [0.29, 0.717) is 6.04 Å². The molecule has 2 fully saturated rings. The minimum atomic E-state index is -0.221. The largest absolute Gasteiger partial charge is 0.461 e. The van der Waals surface area contributed by atoms with Crippen LogP contribution in [-0.4, -0.2) is 47.3 Å². The monoisotopic (exact) mass is 199 g/mol. The van der Waals surface area contributed by atoms with E-state index in [2.05, 4.69) is 4.90 Å². The molecule has 0 spiro atoms. The van der Waals surface area contributed by atoms with Gasteiger partial charge in [0.2, 0.25) is 0 Å². The molecule has 2 aliphatic rings. The summed E-state index contributed by atoms with van der Waals surface area (Å²) in [7, 11) is 2.05. The summed E-state index contributed by atoms with van der Waals surface area (Å²) < 4.78 is 5.25. The Morgan fingerprint density at radius 1 is 1.43 bits per heavy atom. The molecule has 2 rings (SSSR count). The Morgan fingerprint density at radius 2 is 2.14 bits per heavy atom. The van der Waals surface area contributed by atoms with Crippen molar-refractivity contribution in [2.75, 3.05) is 7.05 Å². The van der Waals surface area contributed by atoms with Crippen LogP contribution in [-0.2, 0) is 9.53 Å². The Hall–Kier alpha value is -0.610. The molecule has 14 heavy (non-hydrogen) atoms. The van der Waals surface area contributed by atoms with Gasteiger partial charge in [-0.05, 0) is 19.9 Å². The van der Waals surface area contributed by atoms with Crippen molar-refractivity contribution in [3.05, 3.63) is 0 Å². The average Bonchev–Trinajstić information content (AvgIpc) is 2.30. The van der Waals surface area contributed by atoms with Crippen molar-refractivity contribution in [2.45, 2.75) is 50.5 Å². The van der Waals surface area contributed by atoms with Crippen LogP contribution in [0.2, 0.25) is 0 Å². The first-order valence-electron chi connectivity index (χ1n) is 5.15. The second-order valence-corrected chi connectivity index (χ2v) is 4.40. The fourth-order valence-electron chi connectivity index (χ4n) is 2.73. The van der Waals surface area contributed by atoms with E-state index in [1.54, 1.807) is 0 Å². The Labute approximate surface area is 83.8 Å². The van der Waals surface area contributed by atoms with Gasteiger partial charge in [0.25, 0.3) is 0 Å².